The van der Waals surface area contributed by atoms with Gasteiger partial charge >= 0.3 is 0 Å². The van der Waals surface area contributed by atoms with E-state index in [1.807, 2.05) is 0 Å². The molecule has 0 unspecified atom stereocenters. The number of hydrogen-bond acceptors (Lipinski definition) is 4. The van der Waals surface area contributed by atoms with Crippen molar-refractivity contribution in [2.45, 2.75) is 6.54 Å². The number of nitrogens with one attached hydrogen (secondary N) is 1. The van der Waals surface area contributed by atoms with E-state index in [-0.39, 0.29) is 0 Å². The largest absolute Gasteiger partial charge is 0.492 e. The third-order valence-electron chi connectivity index (χ3n) is 1.82. The van der Waals surface area contributed by atoms with Crippen molar-refractivity contribution in [3.05, 3.63) is 17.8 Å². The number of fused-ring (bicyclic) bond motifs is 1. The molecule has 2 heterocycles. The second-order valence-electron chi connectivity index (χ2n) is 2.74. The van der Waals surface area contributed by atoms with Gasteiger partial charge in [-0.3, -0.25) is 0 Å². The van der Waals surface area contributed by atoms with Crippen LogP contribution in [0.4, 0.5) is 5.82 Å². The molecule has 4 heteroatoms. The van der Waals surface area contributed by atoms with E-state index in [1.165, 1.54) is 0 Å². The van der Waals surface area contributed by atoms with Gasteiger partial charge in [-0.25, -0.2) is 4.98 Å². The van der Waals surface area contributed by atoms with Gasteiger partial charge in [0.1, 0.15) is 18.2 Å². The predicted octanol–water partition coefficient (Wildman–Crippen LogP) is 0.146. The first-order valence-electron chi connectivity index (χ1n) is 3.94. The Kier molecular flexibility index (Phi) is 1.83. The number of pyridine rings is 1. The van der Waals surface area contributed by atoms with Gasteiger partial charge in [0.2, 0.25) is 0 Å². The molecule has 1 aromatic rings. The summed E-state index contributed by atoms with van der Waals surface area (Å²) in [6.45, 7) is 2.37. The summed E-state index contributed by atoms with van der Waals surface area (Å²) < 4.78 is 5.45. The molecule has 0 bridgehead atoms. The van der Waals surface area contributed by atoms with E-state index in [0.29, 0.717) is 12.4 Å². The Bertz CT molecular complexity index is 288. The Balaban J connectivity index is 2.36. The lowest BCUT2D eigenvalue weighted by Crippen LogP contribution is -2.16. The molecule has 0 aromatic carbocycles. The average Bonchev–Trinajstić information content (AvgIpc) is 2.28. The molecular formula is C8H11N3O. The van der Waals surface area contributed by atoms with Crippen molar-refractivity contribution < 1.29 is 4.74 Å². The van der Waals surface area contributed by atoms with E-state index in [4.69, 9.17) is 10.5 Å². The van der Waals surface area contributed by atoms with Gasteiger partial charge in [0.15, 0.2) is 0 Å². The molecule has 1 aliphatic heterocycles. The molecule has 3 N–H and O–H groups in total. The molecule has 0 amide bonds. The summed E-state index contributed by atoms with van der Waals surface area (Å²) in [6, 6.07) is 1.77. The molecule has 0 saturated carbocycles. The number of nitrogens with two attached hydrogens (primary N) is 1. The maximum atomic E-state index is 5.52. The van der Waals surface area contributed by atoms with E-state index in [9.17, 15) is 0 Å². The highest BCUT2D eigenvalue weighted by Gasteiger charge is 2.08. The molecule has 0 aliphatic carbocycles. The van der Waals surface area contributed by atoms with Gasteiger partial charge in [-0.1, -0.05) is 0 Å². The fraction of sp³-hybridized carbons (Fsp3) is 0.375. The number of ether oxygens (including phenoxy) is 1. The maximum Gasteiger partial charge on any atom is 0.129 e. The molecule has 1 aromatic heterocycles. The fourth-order valence-electron chi connectivity index (χ4n) is 1.20. The van der Waals surface area contributed by atoms with Gasteiger partial charge in [0.25, 0.3) is 0 Å². The minimum absolute atomic E-state index is 0.510. The van der Waals surface area contributed by atoms with Crippen LogP contribution in [0.25, 0.3) is 0 Å². The van der Waals surface area contributed by atoms with Crippen LogP contribution in [0.3, 0.4) is 0 Å². The standard InChI is InChI=1S/C8H11N3O/c9-8-3-7-6(5-11-8)4-10-1-2-12-7/h3,5,10H,1-2,4H2,(H2,9,11). The summed E-state index contributed by atoms with van der Waals surface area (Å²) in [5.41, 5.74) is 6.59. The zero-order valence-electron chi connectivity index (χ0n) is 6.71. The minimum Gasteiger partial charge on any atom is -0.492 e. The van der Waals surface area contributed by atoms with Gasteiger partial charge in [0.05, 0.1) is 0 Å². The van der Waals surface area contributed by atoms with Crippen LogP contribution in [-0.2, 0) is 6.54 Å². The normalized spacial score (nSPS) is 16.0. The molecular weight excluding hydrogens is 154 g/mol. The third kappa shape index (κ3) is 1.33. The minimum atomic E-state index is 0.510. The Morgan fingerprint density at radius 1 is 1.58 bits per heavy atom. The van der Waals surface area contributed by atoms with Crippen LogP contribution in [-0.4, -0.2) is 18.1 Å². The van der Waals surface area contributed by atoms with Gasteiger partial charge in [0, 0.05) is 30.9 Å². The highest BCUT2D eigenvalue weighted by atomic mass is 16.5. The first-order valence-corrected chi connectivity index (χ1v) is 3.94. The lowest BCUT2D eigenvalue weighted by atomic mass is 10.2. The van der Waals surface area contributed by atoms with Crippen LogP contribution in [0.5, 0.6) is 5.75 Å². The van der Waals surface area contributed by atoms with Crippen molar-refractivity contribution in [1.29, 1.82) is 0 Å². The number of aromatic nitrogens is 1. The Morgan fingerprint density at radius 2 is 2.50 bits per heavy atom. The summed E-state index contributed by atoms with van der Waals surface area (Å²) in [5, 5.41) is 3.22. The molecule has 64 valence electrons. The number of nitrogens with zero attached hydrogens (tertiary/aromatic N) is 1. The maximum absolute atomic E-state index is 5.52. The van der Waals surface area contributed by atoms with Crippen LogP contribution in [0.1, 0.15) is 5.56 Å². The molecule has 4 nitrogen and oxygen atoms in total. The summed E-state index contributed by atoms with van der Waals surface area (Å²) in [5.74, 6) is 1.36. The molecule has 0 atom stereocenters. The average molecular weight is 165 g/mol. The van der Waals surface area contributed by atoms with Crippen molar-refractivity contribution in [2.24, 2.45) is 0 Å². The Hall–Kier alpha value is -1.29. The van der Waals surface area contributed by atoms with Crippen molar-refractivity contribution >= 4 is 5.82 Å². The highest BCUT2D eigenvalue weighted by molar-refractivity contribution is 5.42. The Morgan fingerprint density at radius 3 is 3.42 bits per heavy atom. The zero-order valence-corrected chi connectivity index (χ0v) is 6.71. The van der Waals surface area contributed by atoms with Gasteiger partial charge in [-0.15, -0.1) is 0 Å². The number of nitrogen functional groups attached to an aromatic ring is 1. The highest BCUT2D eigenvalue weighted by Crippen LogP contribution is 2.20. The molecule has 0 spiro atoms. The Labute approximate surface area is 70.7 Å². The molecule has 0 saturated heterocycles. The molecule has 0 fully saturated rings. The topological polar surface area (TPSA) is 60.2 Å². The second-order valence-corrected chi connectivity index (χ2v) is 2.74. The summed E-state index contributed by atoms with van der Waals surface area (Å²) in [4.78, 5) is 3.99. The monoisotopic (exact) mass is 165 g/mol. The van der Waals surface area contributed by atoms with Gasteiger partial charge in [-0.05, 0) is 0 Å². The fourth-order valence-corrected chi connectivity index (χ4v) is 1.20. The smallest absolute Gasteiger partial charge is 0.129 e. The first kappa shape index (κ1) is 7.36. The number of hydrogen-bond donors (Lipinski definition) is 2. The summed E-state index contributed by atoms with van der Waals surface area (Å²) in [7, 11) is 0. The van der Waals surface area contributed by atoms with E-state index >= 15 is 0 Å². The van der Waals surface area contributed by atoms with Crippen LogP contribution >= 0.6 is 0 Å². The number of anilines is 1. The summed E-state index contributed by atoms with van der Waals surface area (Å²) in [6.07, 6.45) is 1.75. The van der Waals surface area contributed by atoms with E-state index in [0.717, 1.165) is 24.4 Å². The van der Waals surface area contributed by atoms with E-state index in [1.54, 1.807) is 12.3 Å². The second kappa shape index (κ2) is 2.98. The number of rotatable bonds is 0. The van der Waals surface area contributed by atoms with Crippen molar-refractivity contribution in [2.75, 3.05) is 18.9 Å². The lowest BCUT2D eigenvalue weighted by molar-refractivity contribution is 0.325. The van der Waals surface area contributed by atoms with Gasteiger partial charge in [-0.2, -0.15) is 0 Å². The van der Waals surface area contributed by atoms with Crippen molar-refractivity contribution in [3.8, 4) is 5.75 Å². The predicted molar refractivity (Wildman–Crippen MR) is 45.9 cm³/mol. The first-order chi connectivity index (χ1) is 5.86. The summed E-state index contributed by atoms with van der Waals surface area (Å²) >= 11 is 0. The van der Waals surface area contributed by atoms with Crippen molar-refractivity contribution in [1.82, 2.24) is 10.3 Å². The molecule has 2 rings (SSSR count). The van der Waals surface area contributed by atoms with Crippen LogP contribution in [0.15, 0.2) is 12.3 Å². The third-order valence-corrected chi connectivity index (χ3v) is 1.82. The van der Waals surface area contributed by atoms with Crippen LogP contribution in [0, 0.1) is 0 Å². The van der Waals surface area contributed by atoms with E-state index < -0.39 is 0 Å². The lowest BCUT2D eigenvalue weighted by Gasteiger charge is -2.05. The van der Waals surface area contributed by atoms with Gasteiger partial charge < -0.3 is 15.8 Å². The molecule has 12 heavy (non-hydrogen) atoms. The SMILES string of the molecule is Nc1cc2c(cn1)CNCCO2. The van der Waals surface area contributed by atoms with Crippen LogP contribution < -0.4 is 15.8 Å². The van der Waals surface area contributed by atoms with Crippen molar-refractivity contribution in [3.63, 3.8) is 0 Å². The van der Waals surface area contributed by atoms with Crippen LogP contribution in [0.2, 0.25) is 0 Å². The quantitative estimate of drug-likeness (QED) is 0.574. The molecule has 0 radical (unpaired) electrons. The molecule has 1 aliphatic rings. The zero-order chi connectivity index (χ0) is 8.39. The van der Waals surface area contributed by atoms with E-state index in [2.05, 4.69) is 10.3 Å².